The van der Waals surface area contributed by atoms with E-state index in [0.717, 1.165) is 11.3 Å². The van der Waals surface area contributed by atoms with Crippen LogP contribution in [0.1, 0.15) is 12.6 Å². The topological polar surface area (TPSA) is 85.4 Å². The maximum absolute atomic E-state index is 11.9. The highest BCUT2D eigenvalue weighted by Gasteiger charge is 2.26. The van der Waals surface area contributed by atoms with Gasteiger partial charge in [-0.2, -0.15) is 4.72 Å². The van der Waals surface area contributed by atoms with E-state index in [4.69, 9.17) is 11.6 Å². The molecule has 0 fully saturated rings. The summed E-state index contributed by atoms with van der Waals surface area (Å²) in [5.74, 6) is -0.665. The fourth-order valence-electron chi connectivity index (χ4n) is 1.11. The summed E-state index contributed by atoms with van der Waals surface area (Å²) in [6.45, 7) is 2.92. The first-order chi connectivity index (χ1) is 7.77. The van der Waals surface area contributed by atoms with Crippen LogP contribution >= 0.6 is 22.9 Å². The van der Waals surface area contributed by atoms with Crippen LogP contribution < -0.4 is 4.72 Å². The van der Waals surface area contributed by atoms with E-state index in [1.54, 1.807) is 0 Å². The minimum absolute atomic E-state index is 0.00162. The fourth-order valence-corrected chi connectivity index (χ4v) is 4.06. The Bertz CT molecular complexity index is 526. The molecule has 0 aromatic carbocycles. The van der Waals surface area contributed by atoms with Gasteiger partial charge in [-0.3, -0.25) is 4.79 Å². The molecule has 1 rings (SSSR count). The molecule has 0 radical (unpaired) electrons. The van der Waals surface area contributed by atoms with Gasteiger partial charge >= 0.3 is 5.97 Å². The predicted molar refractivity (Wildman–Crippen MR) is 63.7 cm³/mol. The molecular weight excluding hydrogens is 288 g/mol. The number of hydrogen-bond acceptors (Lipinski definition) is 6. The van der Waals surface area contributed by atoms with E-state index >= 15 is 0 Å². The highest BCUT2D eigenvalue weighted by Crippen LogP contribution is 2.26. The molecule has 0 bridgehead atoms. The lowest BCUT2D eigenvalue weighted by molar-refractivity contribution is -0.142. The molecule has 0 saturated carbocycles. The Morgan fingerprint density at radius 2 is 2.18 bits per heavy atom. The zero-order valence-corrected chi connectivity index (χ0v) is 11.7. The fraction of sp³-hybridized carbons (Fsp3) is 0.500. The molecule has 1 unspecified atom stereocenters. The number of methoxy groups -OCH3 is 1. The number of sulfonamides is 1. The molecule has 1 N–H and O–H groups in total. The molecule has 0 aliphatic heterocycles. The van der Waals surface area contributed by atoms with Crippen LogP contribution in [-0.2, 0) is 19.6 Å². The van der Waals surface area contributed by atoms with Crippen molar-refractivity contribution in [3.63, 3.8) is 0 Å². The third-order valence-corrected chi connectivity index (χ3v) is 5.27. The first-order valence-corrected chi connectivity index (χ1v) is 7.18. The number of esters is 1. The lowest BCUT2D eigenvalue weighted by Crippen LogP contribution is -2.39. The molecule has 0 saturated heterocycles. The summed E-state index contributed by atoms with van der Waals surface area (Å²) < 4.78 is 30.5. The van der Waals surface area contributed by atoms with Crippen LogP contribution in [0, 0.1) is 6.92 Å². The minimum atomic E-state index is -3.80. The summed E-state index contributed by atoms with van der Waals surface area (Å²) in [5.41, 5.74) is 0.296. The first kappa shape index (κ1) is 14.4. The Hall–Kier alpha value is -0.700. The van der Waals surface area contributed by atoms with Gasteiger partial charge in [0.25, 0.3) is 10.0 Å². The van der Waals surface area contributed by atoms with Crippen molar-refractivity contribution in [2.45, 2.75) is 24.1 Å². The van der Waals surface area contributed by atoms with Crippen molar-refractivity contribution in [3.05, 3.63) is 10.2 Å². The molecular formula is C8H11ClN2O4S2. The smallest absolute Gasteiger partial charge is 0.323 e. The quantitative estimate of drug-likeness (QED) is 0.836. The molecule has 0 aliphatic carbocycles. The van der Waals surface area contributed by atoms with Gasteiger partial charge in [-0.05, 0) is 13.8 Å². The molecule has 17 heavy (non-hydrogen) atoms. The standard InChI is InChI=1S/C8H11ClN2O4S2/c1-4(6(12)15-3)11-17(13,14)7-5(2)10-8(9)16-7/h4,11H,1-3H3. The molecule has 0 amide bonds. The third kappa shape index (κ3) is 3.38. The van der Waals surface area contributed by atoms with Crippen molar-refractivity contribution in [3.8, 4) is 0 Å². The van der Waals surface area contributed by atoms with E-state index in [1.165, 1.54) is 21.0 Å². The lowest BCUT2D eigenvalue weighted by Gasteiger charge is -2.10. The molecule has 0 aliphatic rings. The minimum Gasteiger partial charge on any atom is -0.468 e. The first-order valence-electron chi connectivity index (χ1n) is 4.51. The maximum atomic E-state index is 11.9. The van der Waals surface area contributed by atoms with Gasteiger partial charge in [0.2, 0.25) is 0 Å². The molecule has 1 heterocycles. The summed E-state index contributed by atoms with van der Waals surface area (Å²) in [7, 11) is -2.62. The third-order valence-electron chi connectivity index (χ3n) is 1.86. The molecule has 0 spiro atoms. The highest BCUT2D eigenvalue weighted by atomic mass is 35.5. The van der Waals surface area contributed by atoms with Crippen LogP contribution in [0.5, 0.6) is 0 Å². The van der Waals surface area contributed by atoms with Crippen LogP contribution in [0.15, 0.2) is 4.21 Å². The van der Waals surface area contributed by atoms with Gasteiger partial charge < -0.3 is 4.74 Å². The predicted octanol–water partition coefficient (Wildman–Crippen LogP) is 0.945. The molecule has 1 atom stereocenters. The van der Waals surface area contributed by atoms with Gasteiger partial charge in [-0.1, -0.05) is 22.9 Å². The van der Waals surface area contributed by atoms with Gasteiger partial charge in [0, 0.05) is 0 Å². The Balaban J connectivity index is 2.97. The molecule has 1 aromatic heterocycles. The Morgan fingerprint density at radius 1 is 1.59 bits per heavy atom. The Morgan fingerprint density at radius 3 is 2.59 bits per heavy atom. The van der Waals surface area contributed by atoms with Crippen molar-refractivity contribution in [1.82, 2.24) is 9.71 Å². The molecule has 9 heteroatoms. The average Bonchev–Trinajstić information content (AvgIpc) is 2.56. The number of thiazole rings is 1. The zero-order valence-electron chi connectivity index (χ0n) is 9.35. The number of aryl methyl sites for hydroxylation is 1. The normalized spacial score (nSPS) is 13.4. The van der Waals surface area contributed by atoms with Crippen LogP contribution in [0.2, 0.25) is 4.47 Å². The van der Waals surface area contributed by atoms with Gasteiger partial charge in [0.05, 0.1) is 12.8 Å². The average molecular weight is 299 g/mol. The number of aromatic nitrogens is 1. The van der Waals surface area contributed by atoms with Crippen molar-refractivity contribution < 1.29 is 17.9 Å². The maximum Gasteiger partial charge on any atom is 0.323 e. The van der Waals surface area contributed by atoms with Gasteiger partial charge in [-0.15, -0.1) is 0 Å². The summed E-state index contributed by atoms with van der Waals surface area (Å²) in [5, 5.41) is 0. The number of halogens is 1. The van der Waals surface area contributed by atoms with E-state index in [9.17, 15) is 13.2 Å². The van der Waals surface area contributed by atoms with Crippen LogP contribution in [0.4, 0.5) is 0 Å². The second kappa shape index (κ2) is 5.30. The Kier molecular flexibility index (Phi) is 4.48. The van der Waals surface area contributed by atoms with E-state index in [2.05, 4.69) is 14.4 Å². The van der Waals surface area contributed by atoms with E-state index < -0.39 is 22.0 Å². The summed E-state index contributed by atoms with van der Waals surface area (Å²) in [6, 6.07) is -0.967. The lowest BCUT2D eigenvalue weighted by atomic mass is 10.4. The number of carbonyl (C=O) groups is 1. The van der Waals surface area contributed by atoms with Gasteiger partial charge in [0.15, 0.2) is 8.68 Å². The van der Waals surface area contributed by atoms with Crippen molar-refractivity contribution in [1.29, 1.82) is 0 Å². The molecule has 96 valence electrons. The van der Waals surface area contributed by atoms with E-state index in [0.29, 0.717) is 5.69 Å². The number of nitrogens with one attached hydrogen (secondary N) is 1. The SMILES string of the molecule is COC(=O)C(C)NS(=O)(=O)c1sc(Cl)nc1C. The summed E-state index contributed by atoms with van der Waals surface area (Å²) in [4.78, 5) is 14.9. The second-order valence-electron chi connectivity index (χ2n) is 3.21. The second-order valence-corrected chi connectivity index (χ2v) is 6.70. The number of rotatable bonds is 4. The van der Waals surface area contributed by atoms with E-state index in [-0.39, 0.29) is 8.68 Å². The molecule has 1 aromatic rings. The summed E-state index contributed by atoms with van der Waals surface area (Å²) in [6.07, 6.45) is 0. The van der Waals surface area contributed by atoms with Crippen LogP contribution in [0.3, 0.4) is 0 Å². The highest BCUT2D eigenvalue weighted by molar-refractivity contribution is 7.91. The zero-order chi connectivity index (χ0) is 13.2. The largest absolute Gasteiger partial charge is 0.468 e. The van der Waals surface area contributed by atoms with Crippen molar-refractivity contribution in [2.24, 2.45) is 0 Å². The number of ether oxygens (including phenoxy) is 1. The number of nitrogens with zero attached hydrogens (tertiary/aromatic N) is 1. The molecule has 6 nitrogen and oxygen atoms in total. The van der Waals surface area contributed by atoms with Gasteiger partial charge in [-0.25, -0.2) is 13.4 Å². The van der Waals surface area contributed by atoms with Gasteiger partial charge in [0.1, 0.15) is 6.04 Å². The number of hydrogen-bond donors (Lipinski definition) is 1. The van der Waals surface area contributed by atoms with E-state index in [1.807, 2.05) is 0 Å². The summed E-state index contributed by atoms with van der Waals surface area (Å²) >= 11 is 6.46. The van der Waals surface area contributed by atoms with Crippen LogP contribution in [-0.4, -0.2) is 32.5 Å². The van der Waals surface area contributed by atoms with Crippen molar-refractivity contribution >= 4 is 38.9 Å². The number of carbonyl (C=O) groups excluding carboxylic acids is 1. The van der Waals surface area contributed by atoms with Crippen molar-refractivity contribution in [2.75, 3.05) is 7.11 Å². The Labute approximate surface area is 108 Å². The van der Waals surface area contributed by atoms with Crippen LogP contribution in [0.25, 0.3) is 0 Å². The monoisotopic (exact) mass is 298 g/mol.